The number of hydrogen-bond acceptors (Lipinski definition) is 5. The number of nitrogens with one attached hydrogen (secondary N) is 1. The van der Waals surface area contributed by atoms with Gasteiger partial charge < -0.3 is 10.4 Å². The first kappa shape index (κ1) is 14.4. The first-order chi connectivity index (χ1) is 9.09. The summed E-state index contributed by atoms with van der Waals surface area (Å²) < 4.78 is 3.86. The number of aliphatic hydroxyl groups is 1. The summed E-state index contributed by atoms with van der Waals surface area (Å²) in [6.07, 6.45) is 3.77. The van der Waals surface area contributed by atoms with Crippen molar-refractivity contribution in [2.24, 2.45) is 5.92 Å². The van der Waals surface area contributed by atoms with Gasteiger partial charge in [0.05, 0.1) is 11.8 Å². The molecule has 2 unspecified atom stereocenters. The minimum absolute atomic E-state index is 0.114. The third kappa shape index (κ3) is 3.51. The predicted octanol–water partition coefficient (Wildman–Crippen LogP) is 1.94. The summed E-state index contributed by atoms with van der Waals surface area (Å²) in [7, 11) is 0. The molecule has 1 aliphatic rings. The van der Waals surface area contributed by atoms with E-state index in [1.54, 1.807) is 0 Å². The Morgan fingerprint density at radius 3 is 2.89 bits per heavy atom. The summed E-state index contributed by atoms with van der Waals surface area (Å²) in [6.45, 7) is 4.53. The van der Waals surface area contributed by atoms with Crippen molar-refractivity contribution in [3.8, 4) is 0 Å². The molecule has 1 saturated carbocycles. The Morgan fingerprint density at radius 1 is 1.47 bits per heavy atom. The van der Waals surface area contributed by atoms with Crippen molar-refractivity contribution in [3.05, 3.63) is 10.6 Å². The summed E-state index contributed by atoms with van der Waals surface area (Å²) in [6, 6.07) is 0. The van der Waals surface area contributed by atoms with E-state index in [1.807, 2.05) is 13.8 Å². The van der Waals surface area contributed by atoms with Gasteiger partial charge in [0.1, 0.15) is 4.88 Å². The highest BCUT2D eigenvalue weighted by molar-refractivity contribution is 7.08. The zero-order valence-electron chi connectivity index (χ0n) is 11.4. The summed E-state index contributed by atoms with van der Waals surface area (Å²) >= 11 is 1.14. The number of nitrogens with zero attached hydrogens (tertiary/aromatic N) is 2. The van der Waals surface area contributed by atoms with E-state index < -0.39 is 0 Å². The number of aliphatic hydroxyl groups excluding tert-OH is 1. The highest BCUT2D eigenvalue weighted by Crippen LogP contribution is 2.24. The standard InChI is InChI=1S/C13H21N3O2S/c1-8(2)11-12(19-16-15-11)13(18)14-7-9-5-3-4-6-10(9)17/h8-10,17H,3-7H2,1-2H3,(H,14,18). The van der Waals surface area contributed by atoms with Crippen LogP contribution in [0.4, 0.5) is 0 Å². The minimum atomic E-state index is -0.279. The molecule has 1 aromatic rings. The fourth-order valence-electron chi connectivity index (χ4n) is 2.46. The lowest BCUT2D eigenvalue weighted by Crippen LogP contribution is -2.36. The van der Waals surface area contributed by atoms with E-state index in [4.69, 9.17) is 0 Å². The van der Waals surface area contributed by atoms with Crippen molar-refractivity contribution in [3.63, 3.8) is 0 Å². The van der Waals surface area contributed by atoms with Gasteiger partial charge in [-0.25, -0.2) is 0 Å². The lowest BCUT2D eigenvalue weighted by atomic mass is 9.86. The average Bonchev–Trinajstić information content (AvgIpc) is 2.87. The molecule has 2 rings (SSSR count). The Hall–Kier alpha value is -1.01. The molecule has 0 aromatic carbocycles. The van der Waals surface area contributed by atoms with E-state index in [9.17, 15) is 9.90 Å². The van der Waals surface area contributed by atoms with Gasteiger partial charge in [-0.15, -0.1) is 5.10 Å². The van der Waals surface area contributed by atoms with Gasteiger partial charge in [0, 0.05) is 12.5 Å². The molecule has 0 bridgehead atoms. The first-order valence-corrected chi connectivity index (χ1v) is 7.65. The Morgan fingerprint density at radius 2 is 2.21 bits per heavy atom. The van der Waals surface area contributed by atoms with Gasteiger partial charge in [-0.2, -0.15) is 0 Å². The van der Waals surface area contributed by atoms with Crippen LogP contribution in [0.15, 0.2) is 0 Å². The molecule has 19 heavy (non-hydrogen) atoms. The fourth-order valence-corrected chi connectivity index (χ4v) is 3.20. The summed E-state index contributed by atoms with van der Waals surface area (Å²) in [4.78, 5) is 12.7. The van der Waals surface area contributed by atoms with Crippen LogP contribution in [-0.2, 0) is 0 Å². The summed E-state index contributed by atoms with van der Waals surface area (Å²) in [5.41, 5.74) is 0.756. The van der Waals surface area contributed by atoms with Crippen LogP contribution in [0.25, 0.3) is 0 Å². The van der Waals surface area contributed by atoms with Crippen LogP contribution < -0.4 is 5.32 Å². The molecule has 2 atom stereocenters. The maximum Gasteiger partial charge on any atom is 0.264 e. The van der Waals surface area contributed by atoms with Crippen LogP contribution >= 0.6 is 11.5 Å². The van der Waals surface area contributed by atoms with Crippen molar-refractivity contribution < 1.29 is 9.90 Å². The maximum absolute atomic E-state index is 12.1. The van der Waals surface area contributed by atoms with Gasteiger partial charge in [0.15, 0.2) is 0 Å². The van der Waals surface area contributed by atoms with E-state index in [2.05, 4.69) is 14.9 Å². The second-order valence-electron chi connectivity index (χ2n) is 5.46. The van der Waals surface area contributed by atoms with E-state index in [0.29, 0.717) is 11.4 Å². The molecule has 1 fully saturated rings. The smallest absolute Gasteiger partial charge is 0.264 e. The molecule has 1 aliphatic carbocycles. The normalized spacial score (nSPS) is 23.6. The van der Waals surface area contributed by atoms with Crippen LogP contribution in [-0.4, -0.2) is 33.2 Å². The SMILES string of the molecule is CC(C)c1nnsc1C(=O)NCC1CCCCC1O. The largest absolute Gasteiger partial charge is 0.393 e. The highest BCUT2D eigenvalue weighted by atomic mass is 32.1. The van der Waals surface area contributed by atoms with Crippen LogP contribution in [0.1, 0.15) is 60.8 Å². The Balaban J connectivity index is 1.92. The maximum atomic E-state index is 12.1. The van der Waals surface area contributed by atoms with E-state index in [0.717, 1.165) is 42.9 Å². The third-order valence-electron chi connectivity index (χ3n) is 3.66. The minimum Gasteiger partial charge on any atom is -0.393 e. The topological polar surface area (TPSA) is 75.1 Å². The van der Waals surface area contributed by atoms with Gasteiger partial charge in [-0.05, 0) is 30.3 Å². The molecule has 1 aromatic heterocycles. The van der Waals surface area contributed by atoms with E-state index in [1.165, 1.54) is 0 Å². The molecule has 0 aliphatic heterocycles. The zero-order chi connectivity index (χ0) is 13.8. The third-order valence-corrected chi connectivity index (χ3v) is 4.40. The Bertz CT molecular complexity index is 433. The van der Waals surface area contributed by atoms with Crippen molar-refractivity contribution in [2.75, 3.05) is 6.54 Å². The average molecular weight is 283 g/mol. The molecule has 5 nitrogen and oxygen atoms in total. The molecule has 1 heterocycles. The van der Waals surface area contributed by atoms with Crippen molar-refractivity contribution in [1.82, 2.24) is 14.9 Å². The molecule has 106 valence electrons. The fraction of sp³-hybridized carbons (Fsp3) is 0.769. The van der Waals surface area contributed by atoms with Gasteiger partial charge >= 0.3 is 0 Å². The molecule has 2 N–H and O–H groups in total. The highest BCUT2D eigenvalue weighted by Gasteiger charge is 2.25. The van der Waals surface area contributed by atoms with Crippen molar-refractivity contribution in [2.45, 2.75) is 51.6 Å². The monoisotopic (exact) mass is 283 g/mol. The van der Waals surface area contributed by atoms with E-state index >= 15 is 0 Å². The van der Waals surface area contributed by atoms with Crippen molar-refractivity contribution >= 4 is 17.4 Å². The first-order valence-electron chi connectivity index (χ1n) is 6.88. The molecular weight excluding hydrogens is 262 g/mol. The molecule has 1 amide bonds. The molecule has 0 radical (unpaired) electrons. The van der Waals surface area contributed by atoms with Gasteiger partial charge in [-0.1, -0.05) is 31.2 Å². The lowest BCUT2D eigenvalue weighted by Gasteiger charge is -2.27. The number of aromatic nitrogens is 2. The molecule has 0 spiro atoms. The number of carbonyl (C=O) groups is 1. The predicted molar refractivity (Wildman–Crippen MR) is 74.3 cm³/mol. The molecule has 0 saturated heterocycles. The van der Waals surface area contributed by atoms with Crippen LogP contribution in [0.3, 0.4) is 0 Å². The van der Waals surface area contributed by atoms with Gasteiger partial charge in [0.25, 0.3) is 5.91 Å². The van der Waals surface area contributed by atoms with Crippen LogP contribution in [0.2, 0.25) is 0 Å². The Kier molecular flexibility index (Phi) is 4.87. The summed E-state index contributed by atoms with van der Waals surface area (Å²) in [5.74, 6) is 0.261. The summed E-state index contributed by atoms with van der Waals surface area (Å²) in [5, 5.41) is 16.8. The second kappa shape index (κ2) is 6.43. The van der Waals surface area contributed by atoms with Crippen LogP contribution in [0.5, 0.6) is 0 Å². The van der Waals surface area contributed by atoms with Crippen molar-refractivity contribution in [1.29, 1.82) is 0 Å². The number of amides is 1. The zero-order valence-corrected chi connectivity index (χ0v) is 12.2. The number of hydrogen-bond donors (Lipinski definition) is 2. The molecule has 6 heteroatoms. The second-order valence-corrected chi connectivity index (χ2v) is 6.22. The van der Waals surface area contributed by atoms with E-state index in [-0.39, 0.29) is 23.8 Å². The number of rotatable bonds is 4. The Labute approximate surface area is 117 Å². The van der Waals surface area contributed by atoms with Gasteiger partial charge in [-0.3, -0.25) is 4.79 Å². The molecular formula is C13H21N3O2S. The van der Waals surface area contributed by atoms with Gasteiger partial charge in [0.2, 0.25) is 0 Å². The number of carbonyl (C=O) groups excluding carboxylic acids is 1. The quantitative estimate of drug-likeness (QED) is 0.885. The lowest BCUT2D eigenvalue weighted by molar-refractivity contribution is 0.0663. The van der Waals surface area contributed by atoms with Crippen LogP contribution in [0, 0.1) is 5.92 Å².